The molecule has 0 aliphatic rings. The van der Waals surface area contributed by atoms with E-state index in [9.17, 15) is 4.39 Å². The lowest BCUT2D eigenvalue weighted by atomic mass is 10.3. The first-order chi connectivity index (χ1) is 9.78. The van der Waals surface area contributed by atoms with Crippen molar-refractivity contribution in [3.8, 4) is 0 Å². The molecule has 102 valence electrons. The Bertz CT molecular complexity index is 721. The lowest BCUT2D eigenvalue weighted by Gasteiger charge is -2.08. The topological polar surface area (TPSA) is 42.7 Å². The number of rotatable bonds is 4. The van der Waals surface area contributed by atoms with Gasteiger partial charge in [0.1, 0.15) is 5.82 Å². The number of nitrogens with one attached hydrogen (secondary N) is 1. The SMILES string of the molecule is CCn1c(NCc2ccccn2)nc2cc(F)ccc21. The second kappa shape index (κ2) is 5.28. The predicted octanol–water partition coefficient (Wildman–Crippen LogP) is 3.20. The normalized spacial score (nSPS) is 10.9. The zero-order valence-electron chi connectivity index (χ0n) is 11.2. The molecule has 0 saturated heterocycles. The molecule has 0 unspecified atom stereocenters. The minimum atomic E-state index is -0.269. The van der Waals surface area contributed by atoms with Crippen LogP contribution in [0.1, 0.15) is 12.6 Å². The molecule has 2 aromatic heterocycles. The van der Waals surface area contributed by atoms with E-state index in [1.165, 1.54) is 12.1 Å². The maximum absolute atomic E-state index is 13.3. The maximum Gasteiger partial charge on any atom is 0.204 e. The molecule has 5 heteroatoms. The highest BCUT2D eigenvalue weighted by atomic mass is 19.1. The molecule has 0 fully saturated rings. The Kier molecular flexibility index (Phi) is 3.33. The first-order valence-electron chi connectivity index (χ1n) is 6.57. The van der Waals surface area contributed by atoms with Crippen LogP contribution in [0.4, 0.5) is 10.3 Å². The van der Waals surface area contributed by atoms with Gasteiger partial charge in [-0.15, -0.1) is 0 Å². The fraction of sp³-hybridized carbons (Fsp3) is 0.200. The fourth-order valence-electron chi connectivity index (χ4n) is 2.23. The molecule has 2 heterocycles. The summed E-state index contributed by atoms with van der Waals surface area (Å²) < 4.78 is 15.3. The van der Waals surface area contributed by atoms with Crippen LogP contribution in [0.2, 0.25) is 0 Å². The van der Waals surface area contributed by atoms with E-state index in [0.29, 0.717) is 12.1 Å². The van der Waals surface area contributed by atoms with E-state index in [0.717, 1.165) is 23.7 Å². The van der Waals surface area contributed by atoms with Crippen molar-refractivity contribution < 1.29 is 4.39 Å². The number of aryl methyl sites for hydroxylation is 1. The average Bonchev–Trinajstić information content (AvgIpc) is 2.82. The van der Waals surface area contributed by atoms with Crippen molar-refractivity contribution in [3.63, 3.8) is 0 Å². The average molecular weight is 270 g/mol. The minimum Gasteiger partial charge on any atom is -0.350 e. The van der Waals surface area contributed by atoms with Gasteiger partial charge < -0.3 is 9.88 Å². The van der Waals surface area contributed by atoms with Crippen LogP contribution in [-0.2, 0) is 13.1 Å². The van der Waals surface area contributed by atoms with Crippen LogP contribution >= 0.6 is 0 Å². The monoisotopic (exact) mass is 270 g/mol. The van der Waals surface area contributed by atoms with Gasteiger partial charge in [-0.05, 0) is 31.2 Å². The molecule has 0 spiro atoms. The van der Waals surface area contributed by atoms with Gasteiger partial charge in [0.25, 0.3) is 0 Å². The molecular formula is C15H15FN4. The summed E-state index contributed by atoms with van der Waals surface area (Å²) in [6.45, 7) is 3.40. The highest BCUT2D eigenvalue weighted by molar-refractivity contribution is 5.78. The van der Waals surface area contributed by atoms with Crippen molar-refractivity contribution in [2.24, 2.45) is 0 Å². The van der Waals surface area contributed by atoms with Gasteiger partial charge in [0.05, 0.1) is 23.3 Å². The second-order valence-corrected chi connectivity index (χ2v) is 4.49. The molecule has 3 aromatic rings. The van der Waals surface area contributed by atoms with E-state index in [1.54, 1.807) is 12.3 Å². The lowest BCUT2D eigenvalue weighted by molar-refractivity contribution is 0.629. The van der Waals surface area contributed by atoms with Gasteiger partial charge in [0.2, 0.25) is 5.95 Å². The summed E-state index contributed by atoms with van der Waals surface area (Å²) in [5.74, 6) is 0.466. The molecule has 3 rings (SSSR count). The number of pyridine rings is 1. The Morgan fingerprint density at radius 2 is 2.15 bits per heavy atom. The number of aromatic nitrogens is 3. The number of halogens is 1. The summed E-state index contributed by atoms with van der Waals surface area (Å²) in [5.41, 5.74) is 2.53. The third-order valence-corrected chi connectivity index (χ3v) is 3.18. The number of anilines is 1. The number of imidazole rings is 1. The molecule has 1 aromatic carbocycles. The molecular weight excluding hydrogens is 255 g/mol. The number of nitrogens with zero attached hydrogens (tertiary/aromatic N) is 3. The van der Waals surface area contributed by atoms with Gasteiger partial charge in [0, 0.05) is 18.8 Å². The van der Waals surface area contributed by atoms with Crippen LogP contribution in [0.3, 0.4) is 0 Å². The summed E-state index contributed by atoms with van der Waals surface area (Å²) in [5, 5.41) is 3.26. The summed E-state index contributed by atoms with van der Waals surface area (Å²) in [7, 11) is 0. The van der Waals surface area contributed by atoms with Gasteiger partial charge in [-0.2, -0.15) is 0 Å². The van der Waals surface area contributed by atoms with E-state index in [1.807, 2.05) is 29.7 Å². The van der Waals surface area contributed by atoms with Crippen LogP contribution in [0.25, 0.3) is 11.0 Å². The Balaban J connectivity index is 1.91. The summed E-state index contributed by atoms with van der Waals surface area (Å²) >= 11 is 0. The van der Waals surface area contributed by atoms with Crippen LogP contribution in [-0.4, -0.2) is 14.5 Å². The first kappa shape index (κ1) is 12.6. The van der Waals surface area contributed by atoms with Crippen LogP contribution in [0, 0.1) is 5.82 Å². The zero-order chi connectivity index (χ0) is 13.9. The van der Waals surface area contributed by atoms with Crippen LogP contribution in [0.15, 0.2) is 42.6 Å². The lowest BCUT2D eigenvalue weighted by Crippen LogP contribution is -2.07. The highest BCUT2D eigenvalue weighted by Crippen LogP contribution is 2.20. The van der Waals surface area contributed by atoms with Crippen molar-refractivity contribution in [1.29, 1.82) is 0 Å². The van der Waals surface area contributed by atoms with Crippen LogP contribution < -0.4 is 5.32 Å². The Morgan fingerprint density at radius 1 is 1.25 bits per heavy atom. The van der Waals surface area contributed by atoms with Crippen molar-refractivity contribution in [2.45, 2.75) is 20.0 Å². The fourth-order valence-corrected chi connectivity index (χ4v) is 2.23. The summed E-state index contributed by atoms with van der Waals surface area (Å²) in [6, 6.07) is 10.4. The molecule has 0 atom stereocenters. The van der Waals surface area contributed by atoms with E-state index in [4.69, 9.17) is 0 Å². The molecule has 0 radical (unpaired) electrons. The Morgan fingerprint density at radius 3 is 2.90 bits per heavy atom. The summed E-state index contributed by atoms with van der Waals surface area (Å²) in [6.07, 6.45) is 1.76. The van der Waals surface area contributed by atoms with Gasteiger partial charge in [-0.1, -0.05) is 6.07 Å². The van der Waals surface area contributed by atoms with Crippen molar-refractivity contribution in [2.75, 3.05) is 5.32 Å². The second-order valence-electron chi connectivity index (χ2n) is 4.49. The molecule has 4 nitrogen and oxygen atoms in total. The number of hydrogen-bond donors (Lipinski definition) is 1. The van der Waals surface area contributed by atoms with Crippen molar-refractivity contribution in [1.82, 2.24) is 14.5 Å². The minimum absolute atomic E-state index is 0.269. The molecule has 0 bridgehead atoms. The smallest absolute Gasteiger partial charge is 0.204 e. The zero-order valence-corrected chi connectivity index (χ0v) is 11.2. The molecule has 0 aliphatic carbocycles. The quantitative estimate of drug-likeness (QED) is 0.791. The third-order valence-electron chi connectivity index (χ3n) is 3.18. The van der Waals surface area contributed by atoms with Gasteiger partial charge in [0.15, 0.2) is 0 Å². The van der Waals surface area contributed by atoms with Gasteiger partial charge in [-0.25, -0.2) is 9.37 Å². The number of fused-ring (bicyclic) bond motifs is 1. The van der Waals surface area contributed by atoms with Gasteiger partial charge in [-0.3, -0.25) is 4.98 Å². The Labute approximate surface area is 116 Å². The third kappa shape index (κ3) is 2.34. The predicted molar refractivity (Wildman–Crippen MR) is 76.9 cm³/mol. The van der Waals surface area contributed by atoms with E-state index in [-0.39, 0.29) is 5.82 Å². The number of benzene rings is 1. The summed E-state index contributed by atoms with van der Waals surface area (Å²) in [4.78, 5) is 8.70. The van der Waals surface area contributed by atoms with E-state index < -0.39 is 0 Å². The van der Waals surface area contributed by atoms with E-state index >= 15 is 0 Å². The van der Waals surface area contributed by atoms with Crippen LogP contribution in [0.5, 0.6) is 0 Å². The first-order valence-corrected chi connectivity index (χ1v) is 6.57. The van der Waals surface area contributed by atoms with E-state index in [2.05, 4.69) is 15.3 Å². The highest BCUT2D eigenvalue weighted by Gasteiger charge is 2.09. The maximum atomic E-state index is 13.3. The van der Waals surface area contributed by atoms with Crippen molar-refractivity contribution in [3.05, 3.63) is 54.1 Å². The molecule has 20 heavy (non-hydrogen) atoms. The molecule has 0 saturated carbocycles. The molecule has 1 N–H and O–H groups in total. The molecule has 0 aliphatic heterocycles. The van der Waals surface area contributed by atoms with Crippen molar-refractivity contribution >= 4 is 17.0 Å². The molecule has 0 amide bonds. The largest absolute Gasteiger partial charge is 0.350 e. The standard InChI is InChI=1S/C15H15FN4/c1-2-20-14-7-6-11(16)9-13(14)19-15(20)18-10-12-5-3-4-8-17-12/h3-9H,2,10H2,1H3,(H,18,19). The van der Waals surface area contributed by atoms with Gasteiger partial charge >= 0.3 is 0 Å². The number of hydrogen-bond acceptors (Lipinski definition) is 3. The Hall–Kier alpha value is -2.43.